The van der Waals surface area contributed by atoms with Crippen LogP contribution in [0.5, 0.6) is 0 Å². The fraction of sp³-hybridized carbons (Fsp3) is 0.600. The molecule has 7 atom stereocenters. The van der Waals surface area contributed by atoms with Gasteiger partial charge in [0.1, 0.15) is 17.8 Å². The SMILES string of the molecule is COC(=O)CO[C@H]1C[C@H]2Cc3c([nH]c4ccccc34)[C@]2(C)[C@@]2(C)CCC34OC(C(=O)C=C3[C@]12O)C(C)(C)O4. The van der Waals surface area contributed by atoms with Crippen molar-refractivity contribution in [1.29, 1.82) is 0 Å². The van der Waals surface area contributed by atoms with Crippen LogP contribution in [0, 0.1) is 11.3 Å². The smallest absolute Gasteiger partial charge is 0.331 e. The van der Waals surface area contributed by atoms with E-state index in [1.165, 1.54) is 18.1 Å². The highest BCUT2D eigenvalue weighted by Crippen LogP contribution is 2.72. The van der Waals surface area contributed by atoms with Crippen LogP contribution in [0.4, 0.5) is 0 Å². The van der Waals surface area contributed by atoms with Gasteiger partial charge >= 0.3 is 5.97 Å². The summed E-state index contributed by atoms with van der Waals surface area (Å²) in [5.74, 6) is -1.79. The molecule has 8 heteroatoms. The Morgan fingerprint density at radius 2 is 1.95 bits per heavy atom. The number of ether oxygens (including phenoxy) is 4. The summed E-state index contributed by atoms with van der Waals surface area (Å²) in [5, 5.41) is 14.3. The molecule has 202 valence electrons. The highest BCUT2D eigenvalue weighted by atomic mass is 16.8. The zero-order valence-electron chi connectivity index (χ0n) is 22.6. The zero-order valence-corrected chi connectivity index (χ0v) is 22.6. The van der Waals surface area contributed by atoms with E-state index in [-0.39, 0.29) is 18.3 Å². The molecule has 3 heterocycles. The van der Waals surface area contributed by atoms with E-state index < -0.39 is 46.0 Å². The summed E-state index contributed by atoms with van der Waals surface area (Å²) in [4.78, 5) is 29.3. The molecule has 0 radical (unpaired) electrons. The average molecular weight is 522 g/mol. The molecule has 38 heavy (non-hydrogen) atoms. The number of aliphatic hydroxyl groups is 1. The number of nitrogens with one attached hydrogen (secondary N) is 1. The van der Waals surface area contributed by atoms with Gasteiger partial charge in [0.15, 0.2) is 17.7 Å². The second-order valence-electron chi connectivity index (χ2n) is 12.8. The molecule has 2 aromatic rings. The summed E-state index contributed by atoms with van der Waals surface area (Å²) >= 11 is 0. The van der Waals surface area contributed by atoms with Crippen molar-refractivity contribution in [2.24, 2.45) is 11.3 Å². The molecule has 1 aromatic heterocycles. The van der Waals surface area contributed by atoms with Crippen molar-refractivity contribution < 1.29 is 33.6 Å². The van der Waals surface area contributed by atoms with Crippen LogP contribution < -0.4 is 0 Å². The number of carbonyl (C=O) groups is 2. The number of aromatic amines is 1. The number of esters is 1. The first-order valence-electron chi connectivity index (χ1n) is 13.6. The molecule has 2 unspecified atom stereocenters. The van der Waals surface area contributed by atoms with Crippen molar-refractivity contribution in [3.63, 3.8) is 0 Å². The van der Waals surface area contributed by atoms with Gasteiger partial charge in [-0.25, -0.2) is 4.79 Å². The van der Waals surface area contributed by atoms with Gasteiger partial charge in [-0.3, -0.25) is 4.79 Å². The Hall–Kier alpha value is -2.52. The Kier molecular flexibility index (Phi) is 4.75. The Bertz CT molecular complexity index is 1420. The Morgan fingerprint density at radius 1 is 1.18 bits per heavy atom. The highest BCUT2D eigenvalue weighted by molar-refractivity contribution is 5.97. The number of fused-ring (bicyclic) bond motifs is 9. The van der Waals surface area contributed by atoms with E-state index >= 15 is 0 Å². The molecule has 0 amide bonds. The molecule has 1 saturated heterocycles. The van der Waals surface area contributed by atoms with Crippen LogP contribution in [0.25, 0.3) is 10.9 Å². The third kappa shape index (κ3) is 2.65. The second kappa shape index (κ2) is 7.36. The standard InChI is InChI=1S/C30H35NO7/c1-26(2)25-20(32)14-21-29(37-25,38-26)11-10-27(3)28(4)16(13-22(30(21,27)34)36-15-23(33)35-5)12-18-17-8-6-7-9-19(17)31-24(18)28/h6-9,14,16,22,25,31,34H,10-13,15H2,1-5H3/t16-,22+,25?,27-,28-,29?,30+/m1/s1. The molecule has 3 fully saturated rings. The topological polar surface area (TPSA) is 107 Å². The number of hydrogen-bond acceptors (Lipinski definition) is 7. The number of para-hydroxylation sites is 1. The summed E-state index contributed by atoms with van der Waals surface area (Å²) in [6.45, 7) is 7.78. The summed E-state index contributed by atoms with van der Waals surface area (Å²) in [6.07, 6.45) is 2.50. The van der Waals surface area contributed by atoms with E-state index in [2.05, 4.69) is 37.0 Å². The predicted octanol–water partition coefficient (Wildman–Crippen LogP) is 3.49. The number of carbonyl (C=O) groups excluding carboxylic acids is 2. The maximum atomic E-state index is 13.4. The van der Waals surface area contributed by atoms with Crippen molar-refractivity contribution in [3.05, 3.63) is 47.2 Å². The number of H-pyrrole nitrogens is 1. The molecule has 3 aliphatic carbocycles. The van der Waals surface area contributed by atoms with Crippen LogP contribution >= 0.6 is 0 Å². The van der Waals surface area contributed by atoms with Crippen LogP contribution in [0.1, 0.15) is 58.2 Å². The van der Waals surface area contributed by atoms with Gasteiger partial charge in [-0.05, 0) is 56.7 Å². The van der Waals surface area contributed by atoms with E-state index in [0.29, 0.717) is 24.8 Å². The molecular formula is C30H35NO7. The molecular weight excluding hydrogens is 486 g/mol. The third-order valence-corrected chi connectivity index (χ3v) is 10.9. The van der Waals surface area contributed by atoms with Gasteiger partial charge < -0.3 is 29.0 Å². The zero-order chi connectivity index (χ0) is 26.9. The molecule has 1 spiro atoms. The first-order chi connectivity index (χ1) is 17.9. The average Bonchev–Trinajstić information content (AvgIpc) is 3.47. The summed E-state index contributed by atoms with van der Waals surface area (Å²) in [5.41, 5.74) is 0.224. The monoisotopic (exact) mass is 521 g/mol. The fourth-order valence-corrected chi connectivity index (χ4v) is 8.81. The number of benzene rings is 1. The van der Waals surface area contributed by atoms with E-state index in [9.17, 15) is 14.7 Å². The fourth-order valence-electron chi connectivity index (χ4n) is 8.81. The second-order valence-corrected chi connectivity index (χ2v) is 12.8. The first-order valence-corrected chi connectivity index (χ1v) is 13.6. The molecule has 7 rings (SSSR count). The van der Waals surface area contributed by atoms with Crippen LogP contribution in [0.3, 0.4) is 0 Å². The van der Waals surface area contributed by atoms with E-state index in [0.717, 1.165) is 17.6 Å². The molecule has 2 N–H and O–H groups in total. The number of rotatable bonds is 3. The van der Waals surface area contributed by atoms with E-state index in [1.807, 2.05) is 19.9 Å². The first kappa shape index (κ1) is 24.5. The summed E-state index contributed by atoms with van der Waals surface area (Å²) in [7, 11) is 1.32. The number of hydrogen-bond donors (Lipinski definition) is 2. The number of ketones is 1. The van der Waals surface area contributed by atoms with E-state index in [1.54, 1.807) is 6.08 Å². The maximum absolute atomic E-state index is 13.4. The normalized spacial score (nSPS) is 42.2. The third-order valence-electron chi connectivity index (χ3n) is 10.9. The minimum Gasteiger partial charge on any atom is -0.467 e. The lowest BCUT2D eigenvalue weighted by atomic mass is 9.41. The van der Waals surface area contributed by atoms with Gasteiger partial charge in [0.25, 0.3) is 0 Å². The number of aromatic nitrogens is 1. The molecule has 2 aliphatic heterocycles. The lowest BCUT2D eigenvalue weighted by Gasteiger charge is -2.67. The minimum atomic E-state index is -1.63. The molecule has 2 saturated carbocycles. The molecule has 8 nitrogen and oxygen atoms in total. The van der Waals surface area contributed by atoms with Gasteiger partial charge in [0, 0.05) is 39.4 Å². The lowest BCUT2D eigenvalue weighted by Crippen LogP contribution is -2.74. The molecule has 5 aliphatic rings. The van der Waals surface area contributed by atoms with Crippen molar-refractivity contribution in [1.82, 2.24) is 4.98 Å². The Labute approximate surface area is 221 Å². The van der Waals surface area contributed by atoms with Gasteiger partial charge in [0.05, 0.1) is 13.2 Å². The largest absolute Gasteiger partial charge is 0.467 e. The Morgan fingerprint density at radius 3 is 2.71 bits per heavy atom. The van der Waals surface area contributed by atoms with Gasteiger partial charge in [-0.15, -0.1) is 0 Å². The highest BCUT2D eigenvalue weighted by Gasteiger charge is 2.78. The molecule has 1 aromatic carbocycles. The molecule has 2 bridgehead atoms. The maximum Gasteiger partial charge on any atom is 0.331 e. The van der Waals surface area contributed by atoms with Crippen LogP contribution in [0.2, 0.25) is 0 Å². The van der Waals surface area contributed by atoms with Crippen molar-refractivity contribution in [2.75, 3.05) is 13.7 Å². The predicted molar refractivity (Wildman–Crippen MR) is 137 cm³/mol. The minimum absolute atomic E-state index is 0.157. The lowest BCUT2D eigenvalue weighted by molar-refractivity contribution is -0.280. The van der Waals surface area contributed by atoms with Gasteiger partial charge in [-0.1, -0.05) is 32.0 Å². The van der Waals surface area contributed by atoms with Crippen LogP contribution in [-0.4, -0.2) is 64.8 Å². The van der Waals surface area contributed by atoms with Crippen molar-refractivity contribution >= 4 is 22.7 Å². The van der Waals surface area contributed by atoms with Gasteiger partial charge in [-0.2, -0.15) is 0 Å². The van der Waals surface area contributed by atoms with Crippen LogP contribution in [0.15, 0.2) is 35.9 Å². The van der Waals surface area contributed by atoms with Gasteiger partial charge in [0.2, 0.25) is 0 Å². The van der Waals surface area contributed by atoms with E-state index in [4.69, 9.17) is 18.9 Å². The van der Waals surface area contributed by atoms with Crippen molar-refractivity contribution in [2.45, 2.75) is 88.0 Å². The van der Waals surface area contributed by atoms with Crippen LogP contribution in [-0.2, 0) is 40.4 Å². The summed E-state index contributed by atoms with van der Waals surface area (Å²) in [6, 6.07) is 8.31. The van der Waals surface area contributed by atoms with Crippen molar-refractivity contribution in [3.8, 4) is 0 Å². The quantitative estimate of drug-likeness (QED) is 0.596. The Balaban J connectivity index is 1.43. The number of methoxy groups -OCH3 is 1. The summed E-state index contributed by atoms with van der Waals surface area (Å²) < 4.78 is 24.0.